The van der Waals surface area contributed by atoms with E-state index < -0.39 is 11.9 Å². The molecule has 2 aliphatic rings. The summed E-state index contributed by atoms with van der Waals surface area (Å²) in [4.78, 5) is 50.3. The number of thioether (sulfide) groups is 1. The second-order valence-electron chi connectivity index (χ2n) is 8.34. The number of amides is 1. The van der Waals surface area contributed by atoms with Gasteiger partial charge in [-0.1, -0.05) is 11.8 Å². The Morgan fingerprint density at radius 3 is 2.86 bits per heavy atom. The Labute approximate surface area is 216 Å². The number of carbonyl (C=O) groups excluding carboxylic acids is 2. The van der Waals surface area contributed by atoms with Crippen molar-refractivity contribution in [2.75, 3.05) is 23.8 Å². The maximum Gasteiger partial charge on any atom is 0.415 e. The summed E-state index contributed by atoms with van der Waals surface area (Å²) < 4.78 is 26.9. The van der Waals surface area contributed by atoms with Crippen LogP contribution in [0.4, 0.5) is 15.0 Å². The fraction of sp³-hybridized carbons (Fsp3) is 0.391. The van der Waals surface area contributed by atoms with Crippen LogP contribution in [0.3, 0.4) is 0 Å². The molecule has 1 amide bonds. The summed E-state index contributed by atoms with van der Waals surface area (Å²) in [5.74, 6) is 0.282. The Morgan fingerprint density at radius 1 is 1.19 bits per heavy atom. The van der Waals surface area contributed by atoms with E-state index in [9.17, 15) is 18.8 Å². The highest BCUT2D eigenvalue weighted by molar-refractivity contribution is 8.00. The van der Waals surface area contributed by atoms with Crippen LogP contribution in [-0.2, 0) is 23.0 Å². The van der Waals surface area contributed by atoms with Gasteiger partial charge in [0.1, 0.15) is 22.4 Å². The van der Waals surface area contributed by atoms with Crippen molar-refractivity contribution in [1.29, 1.82) is 0 Å². The van der Waals surface area contributed by atoms with Crippen LogP contribution in [0.2, 0.25) is 0 Å². The molecule has 3 aromatic rings. The van der Waals surface area contributed by atoms with Gasteiger partial charge in [-0.05, 0) is 31.4 Å². The molecule has 0 radical (unpaired) electrons. The normalized spacial score (nSPS) is 17.1. The van der Waals surface area contributed by atoms with Gasteiger partial charge < -0.3 is 14.0 Å². The maximum absolute atomic E-state index is 14.4. The molecule has 0 aliphatic carbocycles. The van der Waals surface area contributed by atoms with Crippen molar-refractivity contribution in [3.05, 3.63) is 46.4 Å². The monoisotopic (exact) mass is 533 g/mol. The number of fused-ring (bicyclic) bond motifs is 2. The van der Waals surface area contributed by atoms with Gasteiger partial charge >= 0.3 is 6.09 Å². The first-order valence-electron chi connectivity index (χ1n) is 11.2. The summed E-state index contributed by atoms with van der Waals surface area (Å²) in [7, 11) is 1.54. The zero-order chi connectivity index (χ0) is 24.5. The van der Waals surface area contributed by atoms with Gasteiger partial charge in [0.2, 0.25) is 0 Å². The van der Waals surface area contributed by atoms with E-state index in [4.69, 9.17) is 9.47 Å². The lowest BCUT2D eigenvalue weighted by Gasteiger charge is -2.16. The second kappa shape index (κ2) is 10.8. The number of rotatable bonds is 7. The molecule has 1 saturated heterocycles. The lowest BCUT2D eigenvalue weighted by molar-refractivity contribution is -0.116. The first kappa shape index (κ1) is 25.9. The first-order valence-corrected chi connectivity index (χ1v) is 12.1. The fourth-order valence-corrected chi connectivity index (χ4v) is 4.90. The summed E-state index contributed by atoms with van der Waals surface area (Å²) >= 11 is 1.35. The van der Waals surface area contributed by atoms with Gasteiger partial charge in [0.25, 0.3) is 5.56 Å². The quantitative estimate of drug-likeness (QED) is 0.423. The first-order chi connectivity index (χ1) is 16.9. The fourth-order valence-electron chi connectivity index (χ4n) is 4.09. The number of hydrogen-bond acceptors (Lipinski definition) is 9. The van der Waals surface area contributed by atoms with Crippen LogP contribution >= 0.6 is 25.3 Å². The molecule has 2 aromatic heterocycles. The zero-order valence-corrected chi connectivity index (χ0v) is 21.2. The van der Waals surface area contributed by atoms with Crippen molar-refractivity contribution in [2.24, 2.45) is 7.05 Å². The molecule has 5 rings (SSSR count). The van der Waals surface area contributed by atoms with Gasteiger partial charge in [-0.15, -0.1) is 0 Å². The zero-order valence-electron chi connectivity index (χ0n) is 19.4. The van der Waals surface area contributed by atoms with E-state index in [0.29, 0.717) is 54.1 Å². The Morgan fingerprint density at radius 2 is 2.03 bits per heavy atom. The van der Waals surface area contributed by atoms with Gasteiger partial charge in [0.15, 0.2) is 17.4 Å². The molecule has 0 N–H and O–H groups in total. The highest BCUT2D eigenvalue weighted by atomic mass is 32.2. The number of aromatic nitrogens is 4. The van der Waals surface area contributed by atoms with Crippen LogP contribution in [-0.4, -0.2) is 56.4 Å². The molecule has 2 aliphatic heterocycles. The minimum Gasteiger partial charge on any atom is -0.488 e. The number of unbranched alkanes of at least 4 members (excludes halogenated alkanes) is 1. The number of halogens is 1. The Hall–Kier alpha value is -3.19. The highest BCUT2D eigenvalue weighted by Gasteiger charge is 2.34. The standard InChI is InChI=1S/C23H22FN5O5S.H2S/c1-28-19(31)10-25-16-6-5-15(24)21(20(16)28)33-7-3-2-4-14-11-29(23(32)34-14)18-9-26-22-17(27-18)8-13(30)12-35-22;/h5-6,9-10,14H,2-4,7-8,11-12H2,1H3;1H2/t14-;/m0./s1. The molecule has 0 bridgehead atoms. The number of anilines is 1. The molecule has 4 heterocycles. The summed E-state index contributed by atoms with van der Waals surface area (Å²) in [6, 6.07) is 2.76. The van der Waals surface area contributed by atoms with E-state index in [1.807, 2.05) is 0 Å². The van der Waals surface area contributed by atoms with Crippen LogP contribution in [0.25, 0.3) is 11.0 Å². The van der Waals surface area contributed by atoms with Crippen LogP contribution < -0.4 is 15.2 Å². The molecule has 190 valence electrons. The van der Waals surface area contributed by atoms with E-state index in [0.717, 1.165) is 5.03 Å². The van der Waals surface area contributed by atoms with E-state index >= 15 is 0 Å². The number of Topliss-reactive ketones (excluding diaryl/α,β-unsaturated/α-hetero) is 1. The number of benzene rings is 1. The molecule has 10 nitrogen and oxygen atoms in total. The van der Waals surface area contributed by atoms with Crippen LogP contribution in [0, 0.1) is 5.82 Å². The van der Waals surface area contributed by atoms with Crippen molar-refractivity contribution in [3.63, 3.8) is 0 Å². The minimum atomic E-state index is -0.563. The van der Waals surface area contributed by atoms with Gasteiger partial charge in [-0.3, -0.25) is 14.5 Å². The van der Waals surface area contributed by atoms with Crippen molar-refractivity contribution < 1.29 is 23.5 Å². The molecule has 1 atom stereocenters. The molecular formula is C23H24FN5O5S2. The number of hydrogen-bond donors (Lipinski definition) is 0. The predicted molar refractivity (Wildman–Crippen MR) is 136 cm³/mol. The van der Waals surface area contributed by atoms with Gasteiger partial charge in [-0.2, -0.15) is 13.5 Å². The van der Waals surface area contributed by atoms with Crippen molar-refractivity contribution in [3.8, 4) is 5.75 Å². The van der Waals surface area contributed by atoms with Gasteiger partial charge in [0, 0.05) is 7.05 Å². The van der Waals surface area contributed by atoms with E-state index in [1.54, 1.807) is 7.05 Å². The maximum atomic E-state index is 14.4. The molecule has 1 aromatic carbocycles. The third-order valence-electron chi connectivity index (χ3n) is 5.89. The van der Waals surface area contributed by atoms with E-state index in [-0.39, 0.29) is 49.7 Å². The van der Waals surface area contributed by atoms with Gasteiger partial charge in [-0.25, -0.2) is 24.1 Å². The molecule has 0 saturated carbocycles. The summed E-state index contributed by atoms with van der Waals surface area (Å²) in [5, 5.41) is 0.718. The number of ether oxygens (including phenoxy) is 2. The molecule has 0 spiro atoms. The van der Waals surface area contributed by atoms with Crippen molar-refractivity contribution in [2.45, 2.75) is 36.8 Å². The largest absolute Gasteiger partial charge is 0.488 e. The molecule has 13 heteroatoms. The van der Waals surface area contributed by atoms with Crippen LogP contribution in [0.5, 0.6) is 5.75 Å². The molecule has 36 heavy (non-hydrogen) atoms. The Bertz CT molecular complexity index is 1380. The summed E-state index contributed by atoms with van der Waals surface area (Å²) in [6.45, 7) is 0.561. The smallest absolute Gasteiger partial charge is 0.415 e. The number of cyclic esters (lactones) is 1. The lowest BCUT2D eigenvalue weighted by atomic mass is 10.1. The van der Waals surface area contributed by atoms with E-state index in [1.165, 1.54) is 45.8 Å². The molecule has 0 unspecified atom stereocenters. The summed E-state index contributed by atoms with van der Waals surface area (Å²) in [6.07, 6.45) is 3.97. The van der Waals surface area contributed by atoms with Crippen LogP contribution in [0.15, 0.2) is 34.3 Å². The number of aryl methyl sites for hydroxylation is 1. The van der Waals surface area contributed by atoms with Crippen LogP contribution in [0.1, 0.15) is 25.0 Å². The highest BCUT2D eigenvalue weighted by Crippen LogP contribution is 2.29. The number of carbonyl (C=O) groups is 2. The predicted octanol–water partition coefficient (Wildman–Crippen LogP) is 2.77. The average Bonchev–Trinajstić information content (AvgIpc) is 3.22. The topological polar surface area (TPSA) is 117 Å². The number of nitrogens with zero attached hydrogens (tertiary/aromatic N) is 5. The molecular weight excluding hydrogens is 509 g/mol. The number of ketones is 1. The second-order valence-corrected chi connectivity index (χ2v) is 9.31. The van der Waals surface area contributed by atoms with Crippen molar-refractivity contribution >= 4 is 54.0 Å². The lowest BCUT2D eigenvalue weighted by Crippen LogP contribution is -2.27. The third kappa shape index (κ3) is 5.16. The average molecular weight is 534 g/mol. The van der Waals surface area contributed by atoms with Crippen molar-refractivity contribution in [1.82, 2.24) is 19.5 Å². The Kier molecular flexibility index (Phi) is 7.79. The third-order valence-corrected chi connectivity index (χ3v) is 6.97. The van der Waals surface area contributed by atoms with E-state index in [2.05, 4.69) is 15.0 Å². The SMILES string of the molecule is Cn1c(=O)cnc2ccc(F)c(OCCCC[C@H]3CN(c4cnc5c(n4)CC(=O)CS5)C(=O)O3)c21.S. The Balaban J connectivity index is 0.00000304. The molecule has 1 fully saturated rings. The minimum absolute atomic E-state index is 0. The van der Waals surface area contributed by atoms with Gasteiger partial charge in [0.05, 0.1) is 48.9 Å². The summed E-state index contributed by atoms with van der Waals surface area (Å²) in [5.41, 5.74) is 1.01.